The first kappa shape index (κ1) is 17.3. The van der Waals surface area contributed by atoms with Crippen LogP contribution in [-0.4, -0.2) is 59.5 Å². The van der Waals surface area contributed by atoms with Crippen molar-refractivity contribution in [3.8, 4) is 0 Å². The Kier molecular flexibility index (Phi) is 6.90. The largest absolute Gasteiger partial charge is 0.359 e. The van der Waals surface area contributed by atoms with Crippen LogP contribution in [0.4, 0.5) is 0 Å². The third-order valence-corrected chi connectivity index (χ3v) is 4.18. The Morgan fingerprint density at radius 1 is 1.39 bits per heavy atom. The van der Waals surface area contributed by atoms with E-state index in [9.17, 15) is 4.79 Å². The smallest absolute Gasteiger partial charge is 0.220 e. The number of carbonyl (C=O) groups is 1. The fourth-order valence-corrected chi connectivity index (χ4v) is 2.83. The van der Waals surface area contributed by atoms with Crippen LogP contribution >= 0.6 is 0 Å². The minimum atomic E-state index is 0.143. The van der Waals surface area contributed by atoms with Gasteiger partial charge in [0.1, 0.15) is 0 Å². The predicted octanol–water partition coefficient (Wildman–Crippen LogP) is 0.697. The van der Waals surface area contributed by atoms with E-state index < -0.39 is 0 Å². The highest BCUT2D eigenvalue weighted by Crippen LogP contribution is 2.20. The molecule has 0 aromatic carbocycles. The van der Waals surface area contributed by atoms with Crippen molar-refractivity contribution < 1.29 is 4.79 Å². The second-order valence-electron chi connectivity index (χ2n) is 5.84. The summed E-state index contributed by atoms with van der Waals surface area (Å²) in [7, 11) is 1.70. The van der Waals surface area contributed by atoms with E-state index in [1.54, 1.807) is 13.2 Å². The number of piperidine rings is 1. The molecule has 1 saturated heterocycles. The lowest BCUT2D eigenvalue weighted by Crippen LogP contribution is -2.46. The summed E-state index contributed by atoms with van der Waals surface area (Å²) in [4.78, 5) is 22.5. The third kappa shape index (κ3) is 5.58. The maximum atomic E-state index is 11.5. The molecule has 0 bridgehead atoms. The highest BCUT2D eigenvalue weighted by molar-refractivity contribution is 5.80. The van der Waals surface area contributed by atoms with Crippen molar-refractivity contribution in [2.75, 3.05) is 33.2 Å². The van der Waals surface area contributed by atoms with Gasteiger partial charge in [-0.25, -0.2) is 4.98 Å². The van der Waals surface area contributed by atoms with Crippen molar-refractivity contribution in [1.29, 1.82) is 0 Å². The Labute approximate surface area is 138 Å². The number of aliphatic imine (C=N–C) groups is 1. The van der Waals surface area contributed by atoms with Crippen molar-refractivity contribution in [2.24, 2.45) is 10.9 Å². The molecule has 1 amide bonds. The van der Waals surface area contributed by atoms with Crippen LogP contribution in [0.25, 0.3) is 0 Å². The average molecular weight is 320 g/mol. The molecule has 0 saturated carbocycles. The minimum absolute atomic E-state index is 0.143. The molecule has 1 aliphatic heterocycles. The zero-order chi connectivity index (χ0) is 16.5. The van der Waals surface area contributed by atoms with Crippen molar-refractivity contribution in [3.63, 3.8) is 0 Å². The van der Waals surface area contributed by atoms with Gasteiger partial charge in [0, 0.05) is 52.0 Å². The molecule has 2 N–H and O–H groups in total. The van der Waals surface area contributed by atoms with Gasteiger partial charge in [-0.3, -0.25) is 9.79 Å². The Balaban J connectivity index is 1.82. The van der Waals surface area contributed by atoms with Gasteiger partial charge in [0.2, 0.25) is 5.91 Å². The van der Waals surface area contributed by atoms with Crippen LogP contribution in [0.15, 0.2) is 23.7 Å². The Morgan fingerprint density at radius 3 is 2.78 bits per heavy atom. The van der Waals surface area contributed by atoms with Crippen LogP contribution in [0, 0.1) is 5.92 Å². The molecule has 1 aromatic heterocycles. The summed E-state index contributed by atoms with van der Waals surface area (Å²) in [5.41, 5.74) is 0. The fraction of sp³-hybridized carbons (Fsp3) is 0.688. The second kappa shape index (κ2) is 9.17. The highest BCUT2D eigenvalue weighted by Gasteiger charge is 2.22. The van der Waals surface area contributed by atoms with Crippen LogP contribution in [0.1, 0.15) is 26.2 Å². The molecule has 1 aromatic rings. The molecule has 128 valence electrons. The number of carbonyl (C=O) groups excluding carboxylic acids is 1. The Bertz CT molecular complexity index is 491. The summed E-state index contributed by atoms with van der Waals surface area (Å²) in [6, 6.07) is 0. The maximum Gasteiger partial charge on any atom is 0.220 e. The van der Waals surface area contributed by atoms with Gasteiger partial charge in [-0.15, -0.1) is 0 Å². The number of guanidine groups is 1. The first-order valence-corrected chi connectivity index (χ1v) is 8.42. The lowest BCUT2D eigenvalue weighted by molar-refractivity contribution is -0.121. The first-order valence-electron chi connectivity index (χ1n) is 8.42. The van der Waals surface area contributed by atoms with E-state index >= 15 is 0 Å². The number of imidazole rings is 1. The lowest BCUT2D eigenvalue weighted by Gasteiger charge is -2.34. The van der Waals surface area contributed by atoms with E-state index in [0.29, 0.717) is 12.3 Å². The minimum Gasteiger partial charge on any atom is -0.359 e. The molecule has 0 atom stereocenters. The molecule has 1 fully saturated rings. The standard InChI is InChI=1S/C16H28N6O/c1-3-19-16(20-7-11-21-10-6-18-13-21)22-8-4-14(5-9-22)12-15(23)17-2/h6,10,13-14H,3-5,7-9,11-12H2,1-2H3,(H,17,23)(H,19,20). The van der Waals surface area contributed by atoms with E-state index in [4.69, 9.17) is 4.99 Å². The van der Waals surface area contributed by atoms with Gasteiger partial charge in [-0.05, 0) is 25.7 Å². The molecule has 2 heterocycles. The quantitative estimate of drug-likeness (QED) is 0.598. The molecule has 0 radical (unpaired) electrons. The second-order valence-corrected chi connectivity index (χ2v) is 5.84. The summed E-state index contributed by atoms with van der Waals surface area (Å²) in [6.07, 6.45) is 8.27. The van der Waals surface area contributed by atoms with E-state index in [0.717, 1.165) is 51.5 Å². The molecular weight excluding hydrogens is 292 g/mol. The lowest BCUT2D eigenvalue weighted by atomic mass is 9.93. The van der Waals surface area contributed by atoms with E-state index in [1.807, 2.05) is 17.1 Å². The van der Waals surface area contributed by atoms with Gasteiger partial charge in [-0.1, -0.05) is 0 Å². The summed E-state index contributed by atoms with van der Waals surface area (Å²) < 4.78 is 2.03. The fourth-order valence-electron chi connectivity index (χ4n) is 2.83. The Morgan fingerprint density at radius 2 is 2.17 bits per heavy atom. The van der Waals surface area contributed by atoms with Crippen molar-refractivity contribution in [3.05, 3.63) is 18.7 Å². The molecule has 0 spiro atoms. The highest BCUT2D eigenvalue weighted by atomic mass is 16.1. The van der Waals surface area contributed by atoms with Crippen molar-refractivity contribution >= 4 is 11.9 Å². The Hall–Kier alpha value is -2.05. The van der Waals surface area contributed by atoms with E-state index in [2.05, 4.69) is 27.4 Å². The van der Waals surface area contributed by atoms with Crippen LogP contribution in [-0.2, 0) is 11.3 Å². The number of nitrogens with one attached hydrogen (secondary N) is 2. The van der Waals surface area contributed by atoms with Gasteiger partial charge in [-0.2, -0.15) is 0 Å². The summed E-state index contributed by atoms with van der Waals surface area (Å²) >= 11 is 0. The first-order chi connectivity index (χ1) is 11.2. The number of amides is 1. The van der Waals surface area contributed by atoms with Gasteiger partial charge >= 0.3 is 0 Å². The predicted molar refractivity (Wildman–Crippen MR) is 91.2 cm³/mol. The molecule has 0 unspecified atom stereocenters. The molecule has 1 aliphatic rings. The van der Waals surface area contributed by atoms with Crippen molar-refractivity contribution in [2.45, 2.75) is 32.7 Å². The number of aromatic nitrogens is 2. The molecule has 7 nitrogen and oxygen atoms in total. The number of nitrogens with zero attached hydrogens (tertiary/aromatic N) is 4. The monoisotopic (exact) mass is 320 g/mol. The van der Waals surface area contributed by atoms with Crippen LogP contribution in [0.3, 0.4) is 0 Å². The zero-order valence-corrected chi connectivity index (χ0v) is 14.2. The van der Waals surface area contributed by atoms with Crippen molar-refractivity contribution in [1.82, 2.24) is 25.1 Å². The summed E-state index contributed by atoms with van der Waals surface area (Å²) in [6.45, 7) is 6.43. The molecule has 23 heavy (non-hydrogen) atoms. The molecule has 7 heteroatoms. The topological polar surface area (TPSA) is 74.5 Å². The van der Waals surface area contributed by atoms with Gasteiger partial charge < -0.3 is 20.1 Å². The number of hydrogen-bond donors (Lipinski definition) is 2. The molecule has 0 aliphatic carbocycles. The molecular formula is C16H28N6O. The van der Waals surface area contributed by atoms with Crippen LogP contribution < -0.4 is 10.6 Å². The zero-order valence-electron chi connectivity index (χ0n) is 14.2. The van der Waals surface area contributed by atoms with Gasteiger partial charge in [0.25, 0.3) is 0 Å². The summed E-state index contributed by atoms with van der Waals surface area (Å²) in [5.74, 6) is 1.61. The van der Waals surface area contributed by atoms with E-state index in [-0.39, 0.29) is 5.91 Å². The van der Waals surface area contributed by atoms with Gasteiger partial charge in [0.05, 0.1) is 12.9 Å². The SMILES string of the molecule is CCNC(=NCCn1ccnc1)N1CCC(CC(=O)NC)CC1. The normalized spacial score (nSPS) is 16.4. The maximum absolute atomic E-state index is 11.5. The summed E-state index contributed by atoms with van der Waals surface area (Å²) in [5, 5.41) is 6.08. The molecule has 2 rings (SSSR count). The number of likely N-dealkylation sites (tertiary alicyclic amines) is 1. The van der Waals surface area contributed by atoms with Crippen LogP contribution in [0.2, 0.25) is 0 Å². The number of hydrogen-bond acceptors (Lipinski definition) is 3. The van der Waals surface area contributed by atoms with E-state index in [1.165, 1.54) is 0 Å². The number of rotatable bonds is 6. The average Bonchev–Trinajstić information content (AvgIpc) is 3.08. The third-order valence-electron chi connectivity index (χ3n) is 4.18. The van der Waals surface area contributed by atoms with Gasteiger partial charge in [0.15, 0.2) is 5.96 Å². The van der Waals surface area contributed by atoms with Crippen LogP contribution in [0.5, 0.6) is 0 Å².